The van der Waals surface area contributed by atoms with Crippen LogP contribution in [0.1, 0.15) is 30.4 Å². The molecule has 1 unspecified atom stereocenters. The highest BCUT2D eigenvalue weighted by molar-refractivity contribution is 5.24. The molecular weight excluding hydrogens is 231 g/mol. The molecule has 1 aromatic rings. The molecule has 0 aliphatic carbocycles. The molecular formula is C14H21FN2O. The summed E-state index contributed by atoms with van der Waals surface area (Å²) < 4.78 is 13.4. The maximum atomic E-state index is 13.4. The van der Waals surface area contributed by atoms with Gasteiger partial charge in [-0.05, 0) is 42.6 Å². The molecule has 0 saturated carbocycles. The zero-order valence-corrected chi connectivity index (χ0v) is 10.6. The Bertz CT molecular complexity index is 397. The molecule has 0 amide bonds. The topological polar surface area (TPSA) is 49.5 Å². The van der Waals surface area contributed by atoms with Gasteiger partial charge in [-0.2, -0.15) is 0 Å². The van der Waals surface area contributed by atoms with Crippen LogP contribution in [0.2, 0.25) is 0 Å². The van der Waals surface area contributed by atoms with E-state index in [1.165, 1.54) is 12.5 Å². The van der Waals surface area contributed by atoms with Crippen LogP contribution < -0.4 is 5.73 Å². The van der Waals surface area contributed by atoms with Crippen LogP contribution in [-0.2, 0) is 13.1 Å². The Morgan fingerprint density at radius 3 is 2.78 bits per heavy atom. The van der Waals surface area contributed by atoms with E-state index in [2.05, 4.69) is 4.90 Å². The second-order valence-electron chi connectivity index (χ2n) is 4.97. The Morgan fingerprint density at radius 2 is 2.06 bits per heavy atom. The smallest absolute Gasteiger partial charge is 0.123 e. The van der Waals surface area contributed by atoms with Gasteiger partial charge in [-0.15, -0.1) is 0 Å². The molecule has 18 heavy (non-hydrogen) atoms. The number of nitrogens with zero attached hydrogens (tertiary/aromatic N) is 1. The summed E-state index contributed by atoms with van der Waals surface area (Å²) in [6.07, 6.45) is 3.34. The lowest BCUT2D eigenvalue weighted by molar-refractivity contribution is 0.0840. The SMILES string of the molecule is NCc1cc(F)cc(CN2CCCCC2CO)c1. The average molecular weight is 252 g/mol. The summed E-state index contributed by atoms with van der Waals surface area (Å²) in [5.74, 6) is -0.231. The number of benzene rings is 1. The van der Waals surface area contributed by atoms with E-state index in [0.717, 1.165) is 30.5 Å². The molecule has 1 aromatic carbocycles. The summed E-state index contributed by atoms with van der Waals surface area (Å²) in [6.45, 7) is 2.20. The summed E-state index contributed by atoms with van der Waals surface area (Å²) >= 11 is 0. The maximum Gasteiger partial charge on any atom is 0.123 e. The molecule has 100 valence electrons. The normalized spacial score (nSPS) is 21.2. The van der Waals surface area contributed by atoms with Crippen molar-refractivity contribution in [1.82, 2.24) is 4.90 Å². The first-order valence-electron chi connectivity index (χ1n) is 6.56. The minimum absolute atomic E-state index is 0.180. The molecule has 0 radical (unpaired) electrons. The van der Waals surface area contributed by atoms with Crippen LogP contribution in [0.25, 0.3) is 0 Å². The van der Waals surface area contributed by atoms with E-state index in [-0.39, 0.29) is 18.5 Å². The number of nitrogens with two attached hydrogens (primary N) is 1. The molecule has 1 aliphatic rings. The summed E-state index contributed by atoms with van der Waals surface area (Å²) in [7, 11) is 0. The molecule has 1 saturated heterocycles. The standard InChI is InChI=1S/C14H21FN2O/c15-13-6-11(8-16)5-12(7-13)9-17-4-2-1-3-14(17)10-18/h5-7,14,18H,1-4,8-10,16H2. The van der Waals surface area contributed by atoms with Gasteiger partial charge in [0, 0.05) is 19.1 Å². The van der Waals surface area contributed by atoms with Crippen LogP contribution in [0.15, 0.2) is 18.2 Å². The summed E-state index contributed by atoms with van der Waals surface area (Å²) in [4.78, 5) is 2.23. The van der Waals surface area contributed by atoms with Crippen molar-refractivity contribution in [2.24, 2.45) is 5.73 Å². The first-order valence-corrected chi connectivity index (χ1v) is 6.56. The quantitative estimate of drug-likeness (QED) is 0.856. The minimum atomic E-state index is -0.231. The van der Waals surface area contributed by atoms with Crippen LogP contribution in [0, 0.1) is 5.82 Å². The van der Waals surface area contributed by atoms with Crippen LogP contribution in [-0.4, -0.2) is 29.2 Å². The number of hydrogen-bond donors (Lipinski definition) is 2. The van der Waals surface area contributed by atoms with Crippen molar-refractivity contribution in [2.75, 3.05) is 13.2 Å². The van der Waals surface area contributed by atoms with E-state index in [9.17, 15) is 9.50 Å². The first-order chi connectivity index (χ1) is 8.72. The highest BCUT2D eigenvalue weighted by Crippen LogP contribution is 2.20. The first kappa shape index (κ1) is 13.5. The monoisotopic (exact) mass is 252 g/mol. The fourth-order valence-electron chi connectivity index (χ4n) is 2.64. The van der Waals surface area contributed by atoms with Gasteiger partial charge in [-0.3, -0.25) is 4.90 Å². The predicted molar refractivity (Wildman–Crippen MR) is 69.4 cm³/mol. The van der Waals surface area contributed by atoms with Gasteiger partial charge in [0.1, 0.15) is 5.82 Å². The van der Waals surface area contributed by atoms with Crippen molar-refractivity contribution in [3.05, 3.63) is 35.1 Å². The number of hydrogen-bond acceptors (Lipinski definition) is 3. The van der Waals surface area contributed by atoms with Gasteiger partial charge in [0.05, 0.1) is 6.61 Å². The van der Waals surface area contributed by atoms with Crippen LogP contribution in [0.4, 0.5) is 4.39 Å². The lowest BCUT2D eigenvalue weighted by Crippen LogP contribution is -2.41. The third-order valence-corrected chi connectivity index (χ3v) is 3.60. The molecule has 0 bridgehead atoms. The highest BCUT2D eigenvalue weighted by Gasteiger charge is 2.21. The van der Waals surface area contributed by atoms with Crippen molar-refractivity contribution in [3.8, 4) is 0 Å². The molecule has 1 atom stereocenters. The Labute approximate surface area is 107 Å². The lowest BCUT2D eigenvalue weighted by atomic mass is 10.0. The average Bonchev–Trinajstić information content (AvgIpc) is 2.38. The fourth-order valence-corrected chi connectivity index (χ4v) is 2.64. The van der Waals surface area contributed by atoms with Crippen molar-refractivity contribution in [3.63, 3.8) is 0 Å². The third-order valence-electron chi connectivity index (χ3n) is 3.60. The van der Waals surface area contributed by atoms with Crippen molar-refractivity contribution < 1.29 is 9.50 Å². The summed E-state index contributed by atoms with van der Waals surface area (Å²) in [5, 5.41) is 9.36. The second kappa shape index (κ2) is 6.27. The molecule has 1 aliphatic heterocycles. The zero-order valence-electron chi connectivity index (χ0n) is 10.6. The van der Waals surface area contributed by atoms with Gasteiger partial charge in [0.25, 0.3) is 0 Å². The fraction of sp³-hybridized carbons (Fsp3) is 0.571. The van der Waals surface area contributed by atoms with E-state index in [0.29, 0.717) is 13.1 Å². The van der Waals surface area contributed by atoms with E-state index in [1.807, 2.05) is 6.07 Å². The number of rotatable bonds is 4. The van der Waals surface area contributed by atoms with Crippen LogP contribution in [0.5, 0.6) is 0 Å². The van der Waals surface area contributed by atoms with Gasteiger partial charge < -0.3 is 10.8 Å². The Morgan fingerprint density at radius 1 is 1.28 bits per heavy atom. The van der Waals surface area contributed by atoms with E-state index in [4.69, 9.17) is 5.73 Å². The van der Waals surface area contributed by atoms with Crippen molar-refractivity contribution in [1.29, 1.82) is 0 Å². The van der Waals surface area contributed by atoms with Crippen LogP contribution >= 0.6 is 0 Å². The second-order valence-corrected chi connectivity index (χ2v) is 4.97. The maximum absolute atomic E-state index is 13.4. The number of aliphatic hydroxyl groups excluding tert-OH is 1. The number of aliphatic hydroxyl groups is 1. The van der Waals surface area contributed by atoms with Gasteiger partial charge in [-0.1, -0.05) is 12.5 Å². The van der Waals surface area contributed by atoms with Crippen molar-refractivity contribution >= 4 is 0 Å². The molecule has 1 fully saturated rings. The van der Waals surface area contributed by atoms with E-state index in [1.54, 1.807) is 6.07 Å². The zero-order chi connectivity index (χ0) is 13.0. The Kier molecular flexibility index (Phi) is 4.69. The molecule has 2 rings (SSSR count). The Balaban J connectivity index is 2.09. The lowest BCUT2D eigenvalue weighted by Gasteiger charge is -2.34. The van der Waals surface area contributed by atoms with Gasteiger partial charge in [-0.25, -0.2) is 4.39 Å². The summed E-state index contributed by atoms with van der Waals surface area (Å²) in [6, 6.07) is 5.20. The van der Waals surface area contributed by atoms with Crippen molar-refractivity contribution in [2.45, 2.75) is 38.4 Å². The Hall–Kier alpha value is -0.970. The molecule has 0 aromatic heterocycles. The van der Waals surface area contributed by atoms with Gasteiger partial charge >= 0.3 is 0 Å². The molecule has 3 nitrogen and oxygen atoms in total. The molecule has 4 heteroatoms. The van der Waals surface area contributed by atoms with E-state index >= 15 is 0 Å². The number of likely N-dealkylation sites (tertiary alicyclic amines) is 1. The largest absolute Gasteiger partial charge is 0.395 e. The van der Waals surface area contributed by atoms with E-state index < -0.39 is 0 Å². The highest BCUT2D eigenvalue weighted by atomic mass is 19.1. The summed E-state index contributed by atoms with van der Waals surface area (Å²) in [5.41, 5.74) is 7.32. The van der Waals surface area contributed by atoms with Gasteiger partial charge in [0.15, 0.2) is 0 Å². The molecule has 0 spiro atoms. The third kappa shape index (κ3) is 3.28. The number of halogens is 1. The molecule has 1 heterocycles. The van der Waals surface area contributed by atoms with Gasteiger partial charge in [0.2, 0.25) is 0 Å². The van der Waals surface area contributed by atoms with Crippen LogP contribution in [0.3, 0.4) is 0 Å². The predicted octanol–water partition coefficient (Wildman–Crippen LogP) is 1.63. The molecule has 3 N–H and O–H groups in total. The number of piperidine rings is 1. The minimum Gasteiger partial charge on any atom is -0.395 e.